The van der Waals surface area contributed by atoms with E-state index in [-0.39, 0.29) is 0 Å². The molecule has 0 aliphatic heterocycles. The van der Waals surface area contributed by atoms with E-state index in [0.717, 1.165) is 21.9 Å². The van der Waals surface area contributed by atoms with Crippen molar-refractivity contribution in [3.05, 3.63) is 216 Å². The van der Waals surface area contributed by atoms with Crippen molar-refractivity contribution in [1.82, 2.24) is 0 Å². The lowest BCUT2D eigenvalue weighted by Crippen LogP contribution is -2.25. The first-order valence-electron chi connectivity index (χ1n) is 19.5. The molecule has 1 spiro atoms. The van der Waals surface area contributed by atoms with Crippen LogP contribution in [0.5, 0.6) is 0 Å². The molecule has 0 unspecified atom stereocenters. The molecule has 1 heteroatoms. The van der Waals surface area contributed by atoms with Crippen LogP contribution >= 0.6 is 0 Å². The molecule has 11 aromatic rings. The lowest BCUT2D eigenvalue weighted by molar-refractivity contribution is 0.669. The Bertz CT molecular complexity index is 3440. The second-order valence-corrected chi connectivity index (χ2v) is 15.5. The topological polar surface area (TPSA) is 13.1 Å². The fourth-order valence-corrected chi connectivity index (χ4v) is 10.5. The quantitative estimate of drug-likeness (QED) is 0.174. The van der Waals surface area contributed by atoms with Crippen molar-refractivity contribution in [1.29, 1.82) is 0 Å². The molecule has 258 valence electrons. The van der Waals surface area contributed by atoms with E-state index in [0.29, 0.717) is 0 Å². The maximum atomic E-state index is 6.57. The summed E-state index contributed by atoms with van der Waals surface area (Å²) in [6.45, 7) is 0. The lowest BCUT2D eigenvalue weighted by atomic mass is 9.70. The largest absolute Gasteiger partial charge is 0.456 e. The third-order valence-electron chi connectivity index (χ3n) is 12.8. The smallest absolute Gasteiger partial charge is 0.136 e. The summed E-state index contributed by atoms with van der Waals surface area (Å²) in [7, 11) is 0. The number of hydrogen-bond acceptors (Lipinski definition) is 1. The van der Waals surface area contributed by atoms with Crippen molar-refractivity contribution in [2.75, 3.05) is 0 Å². The molecule has 1 aromatic heterocycles. The first kappa shape index (κ1) is 30.1. The highest BCUT2D eigenvalue weighted by atomic mass is 16.3. The fraction of sp³-hybridized carbons (Fsp3) is 0.0182. The molecule has 56 heavy (non-hydrogen) atoms. The van der Waals surface area contributed by atoms with Gasteiger partial charge in [0.1, 0.15) is 11.2 Å². The van der Waals surface area contributed by atoms with E-state index < -0.39 is 5.41 Å². The number of benzene rings is 10. The van der Waals surface area contributed by atoms with Gasteiger partial charge in [-0.15, -0.1) is 0 Å². The SMILES string of the molecule is c1ccc2c(c1)-c1ccccc1C21c2cc(-c3cccc4oc5cc6ccccc6cc5c34)ccc2-c2c1ccc1c(-c3ccc4ccccc4c3)cccc21. The molecule has 1 nitrogen and oxygen atoms in total. The number of fused-ring (bicyclic) bond motifs is 17. The first-order chi connectivity index (χ1) is 27.8. The van der Waals surface area contributed by atoms with Crippen LogP contribution in [0.3, 0.4) is 0 Å². The fourth-order valence-electron chi connectivity index (χ4n) is 10.5. The standard InChI is InChI=1S/C55H32O/c1-2-12-34-29-37(24-23-33(34)11-1)39-17-9-19-44-41(39)27-28-49-53(44)45-26-25-38(31-50(45)55(49)47-20-7-5-15-42(47)43-16-6-8-21-48(43)55)40-18-10-22-51-54(40)46-30-35-13-3-4-14-36(35)32-52(46)56-51/h1-32H. The molecule has 1 heterocycles. The second-order valence-electron chi connectivity index (χ2n) is 15.5. The Labute approximate surface area is 323 Å². The van der Waals surface area contributed by atoms with Gasteiger partial charge in [0.2, 0.25) is 0 Å². The Morgan fingerprint density at radius 2 is 0.929 bits per heavy atom. The van der Waals surface area contributed by atoms with E-state index in [1.54, 1.807) is 0 Å². The van der Waals surface area contributed by atoms with E-state index in [9.17, 15) is 0 Å². The summed E-state index contributed by atoms with van der Waals surface area (Å²) in [6.07, 6.45) is 0. The highest BCUT2D eigenvalue weighted by molar-refractivity contribution is 6.16. The zero-order valence-electron chi connectivity index (χ0n) is 30.4. The number of hydrogen-bond donors (Lipinski definition) is 0. The van der Waals surface area contributed by atoms with Crippen molar-refractivity contribution in [3.8, 4) is 44.5 Å². The van der Waals surface area contributed by atoms with Crippen LogP contribution in [0.4, 0.5) is 0 Å². The first-order valence-corrected chi connectivity index (χ1v) is 19.5. The Morgan fingerprint density at radius 3 is 1.73 bits per heavy atom. The predicted octanol–water partition coefficient (Wildman–Crippen LogP) is 14.7. The Balaban J connectivity index is 1.12. The van der Waals surface area contributed by atoms with Crippen LogP contribution in [0.15, 0.2) is 199 Å². The molecule has 0 fully saturated rings. The van der Waals surface area contributed by atoms with Gasteiger partial charge in [0, 0.05) is 10.8 Å². The molecule has 0 N–H and O–H groups in total. The van der Waals surface area contributed by atoms with Crippen LogP contribution in [-0.4, -0.2) is 0 Å². The van der Waals surface area contributed by atoms with E-state index in [1.165, 1.54) is 99.1 Å². The summed E-state index contributed by atoms with van der Waals surface area (Å²) in [5.74, 6) is 0. The zero-order valence-corrected chi connectivity index (χ0v) is 30.4. The van der Waals surface area contributed by atoms with Gasteiger partial charge in [0.25, 0.3) is 0 Å². The van der Waals surface area contributed by atoms with Crippen LogP contribution in [0, 0.1) is 0 Å². The highest BCUT2D eigenvalue weighted by Crippen LogP contribution is 2.64. The maximum Gasteiger partial charge on any atom is 0.136 e. The summed E-state index contributed by atoms with van der Waals surface area (Å²) in [5.41, 5.74) is 16.9. The van der Waals surface area contributed by atoms with E-state index in [2.05, 4.69) is 194 Å². The van der Waals surface area contributed by atoms with Crippen LogP contribution in [0.25, 0.3) is 98.8 Å². The molecular formula is C55H32O. The number of furan rings is 1. The van der Waals surface area contributed by atoms with Crippen molar-refractivity contribution >= 4 is 54.3 Å². The Hall–Kier alpha value is -7.22. The Kier molecular flexibility index (Phi) is 5.89. The van der Waals surface area contributed by atoms with Crippen molar-refractivity contribution < 1.29 is 4.42 Å². The molecular weight excluding hydrogens is 677 g/mol. The average Bonchev–Trinajstić information content (AvgIpc) is 3.88. The summed E-state index contributed by atoms with van der Waals surface area (Å²) >= 11 is 0. The van der Waals surface area contributed by atoms with Gasteiger partial charge in [0.15, 0.2) is 0 Å². The van der Waals surface area contributed by atoms with Gasteiger partial charge in [0.05, 0.1) is 5.41 Å². The molecule has 10 aromatic carbocycles. The average molecular weight is 709 g/mol. The molecule has 2 aliphatic rings. The van der Waals surface area contributed by atoms with Gasteiger partial charge >= 0.3 is 0 Å². The maximum absolute atomic E-state index is 6.57. The van der Waals surface area contributed by atoms with Crippen LogP contribution in [0.2, 0.25) is 0 Å². The van der Waals surface area contributed by atoms with Crippen molar-refractivity contribution in [3.63, 3.8) is 0 Å². The molecule has 0 atom stereocenters. The van der Waals surface area contributed by atoms with Gasteiger partial charge in [-0.25, -0.2) is 0 Å². The van der Waals surface area contributed by atoms with E-state index in [1.807, 2.05) is 0 Å². The third kappa shape index (κ3) is 3.84. The summed E-state index contributed by atoms with van der Waals surface area (Å²) in [6, 6.07) is 72.2. The van der Waals surface area contributed by atoms with Crippen molar-refractivity contribution in [2.24, 2.45) is 0 Å². The summed E-state index contributed by atoms with van der Waals surface area (Å²) in [4.78, 5) is 0. The van der Waals surface area contributed by atoms with E-state index >= 15 is 0 Å². The van der Waals surface area contributed by atoms with Crippen LogP contribution < -0.4 is 0 Å². The minimum atomic E-state index is -0.469. The second kappa shape index (κ2) is 10.9. The predicted molar refractivity (Wildman–Crippen MR) is 233 cm³/mol. The monoisotopic (exact) mass is 708 g/mol. The van der Waals surface area contributed by atoms with E-state index in [4.69, 9.17) is 4.42 Å². The van der Waals surface area contributed by atoms with Crippen LogP contribution in [0.1, 0.15) is 22.3 Å². The van der Waals surface area contributed by atoms with Gasteiger partial charge in [-0.2, -0.15) is 0 Å². The highest BCUT2D eigenvalue weighted by Gasteiger charge is 2.52. The molecule has 0 radical (unpaired) electrons. The molecule has 0 saturated heterocycles. The molecule has 13 rings (SSSR count). The van der Waals surface area contributed by atoms with Gasteiger partial charge in [-0.05, 0) is 129 Å². The lowest BCUT2D eigenvalue weighted by Gasteiger charge is -2.31. The van der Waals surface area contributed by atoms with Gasteiger partial charge in [-0.1, -0.05) is 164 Å². The van der Waals surface area contributed by atoms with Crippen LogP contribution in [-0.2, 0) is 5.41 Å². The number of rotatable bonds is 2. The summed E-state index contributed by atoms with van der Waals surface area (Å²) < 4.78 is 6.57. The molecule has 0 saturated carbocycles. The molecule has 2 aliphatic carbocycles. The Morgan fingerprint density at radius 1 is 0.304 bits per heavy atom. The van der Waals surface area contributed by atoms with Gasteiger partial charge < -0.3 is 4.42 Å². The normalized spacial score (nSPS) is 13.5. The molecule has 0 bridgehead atoms. The van der Waals surface area contributed by atoms with Crippen molar-refractivity contribution in [2.45, 2.75) is 5.41 Å². The minimum Gasteiger partial charge on any atom is -0.456 e. The minimum absolute atomic E-state index is 0.469. The molecule has 0 amide bonds. The van der Waals surface area contributed by atoms with Gasteiger partial charge in [-0.3, -0.25) is 0 Å². The third-order valence-corrected chi connectivity index (χ3v) is 12.8. The zero-order chi connectivity index (χ0) is 36.5. The summed E-state index contributed by atoms with van der Waals surface area (Å²) in [5, 5.41) is 9.79.